The first-order valence-electron chi connectivity index (χ1n) is 7.31. The van der Waals surface area contributed by atoms with E-state index in [0.29, 0.717) is 38.5 Å². The molecule has 1 aromatic carbocycles. The number of ether oxygens (including phenoxy) is 1. The van der Waals surface area contributed by atoms with Crippen LogP contribution in [0.3, 0.4) is 0 Å². The third-order valence-electron chi connectivity index (χ3n) is 4.37. The summed E-state index contributed by atoms with van der Waals surface area (Å²) in [6, 6.07) is 10.1. The Balaban J connectivity index is 1.49. The maximum Gasteiger partial charge on any atom is 0.223 e. The van der Waals surface area contributed by atoms with Gasteiger partial charge in [0.05, 0.1) is 5.60 Å². The Kier molecular flexibility index (Phi) is 3.76. The molecule has 2 fully saturated rings. The molecule has 0 aromatic heterocycles. The van der Waals surface area contributed by atoms with Gasteiger partial charge in [0.15, 0.2) is 0 Å². The van der Waals surface area contributed by atoms with E-state index in [2.05, 4.69) is 17.4 Å². The first kappa shape index (κ1) is 13.6. The van der Waals surface area contributed by atoms with Gasteiger partial charge in [-0.2, -0.15) is 0 Å². The first-order valence-corrected chi connectivity index (χ1v) is 7.31. The van der Waals surface area contributed by atoms with Crippen LogP contribution in [0.15, 0.2) is 30.3 Å². The van der Waals surface area contributed by atoms with Crippen LogP contribution in [0.5, 0.6) is 0 Å². The summed E-state index contributed by atoms with van der Waals surface area (Å²) in [7, 11) is 0. The first-order chi connectivity index (χ1) is 9.68. The molecule has 1 saturated heterocycles. The summed E-state index contributed by atoms with van der Waals surface area (Å²) in [6.45, 7) is 1.48. The van der Waals surface area contributed by atoms with E-state index >= 15 is 0 Å². The van der Waals surface area contributed by atoms with Gasteiger partial charge in [-0.05, 0) is 17.9 Å². The van der Waals surface area contributed by atoms with E-state index in [1.165, 1.54) is 5.56 Å². The lowest BCUT2D eigenvalue weighted by molar-refractivity contribution is -0.125. The fraction of sp³-hybridized carbons (Fsp3) is 0.562. The van der Waals surface area contributed by atoms with Crippen molar-refractivity contribution in [1.29, 1.82) is 0 Å². The van der Waals surface area contributed by atoms with Crippen LogP contribution in [-0.2, 0) is 9.53 Å². The third-order valence-corrected chi connectivity index (χ3v) is 4.37. The van der Waals surface area contributed by atoms with Gasteiger partial charge in [0.2, 0.25) is 5.91 Å². The molecular weight excluding hydrogens is 254 g/mol. The van der Waals surface area contributed by atoms with Gasteiger partial charge in [0.1, 0.15) is 0 Å². The van der Waals surface area contributed by atoms with Gasteiger partial charge in [0, 0.05) is 38.5 Å². The molecular formula is C16H21NO3. The summed E-state index contributed by atoms with van der Waals surface area (Å²) in [4.78, 5) is 12.1. The fourth-order valence-electron chi connectivity index (χ4n) is 2.86. The highest BCUT2D eigenvalue weighted by Gasteiger charge is 2.44. The maximum absolute atomic E-state index is 12.1. The summed E-state index contributed by atoms with van der Waals surface area (Å²) in [5.74, 6) is 0.486. The van der Waals surface area contributed by atoms with Gasteiger partial charge in [0.25, 0.3) is 0 Å². The van der Waals surface area contributed by atoms with Crippen molar-refractivity contribution in [3.63, 3.8) is 0 Å². The average Bonchev–Trinajstić information content (AvgIpc) is 3.27. The molecule has 1 aromatic rings. The van der Waals surface area contributed by atoms with Crippen LogP contribution in [0.1, 0.15) is 30.7 Å². The Labute approximate surface area is 119 Å². The summed E-state index contributed by atoms with van der Waals surface area (Å²) >= 11 is 0. The van der Waals surface area contributed by atoms with Crippen molar-refractivity contribution in [3.05, 3.63) is 35.9 Å². The molecule has 108 valence electrons. The fourth-order valence-corrected chi connectivity index (χ4v) is 2.86. The smallest absolute Gasteiger partial charge is 0.223 e. The van der Waals surface area contributed by atoms with Gasteiger partial charge < -0.3 is 15.2 Å². The molecule has 1 amide bonds. The molecule has 4 nitrogen and oxygen atoms in total. The topological polar surface area (TPSA) is 58.6 Å². The molecule has 0 radical (unpaired) electrons. The number of amides is 1. The lowest BCUT2D eigenvalue weighted by Gasteiger charge is -2.32. The minimum atomic E-state index is -0.787. The third kappa shape index (κ3) is 3.02. The van der Waals surface area contributed by atoms with Gasteiger partial charge in [-0.25, -0.2) is 0 Å². The molecule has 1 aliphatic heterocycles. The van der Waals surface area contributed by atoms with Crippen LogP contribution in [0, 0.1) is 5.92 Å². The highest BCUT2D eigenvalue weighted by atomic mass is 16.5. The largest absolute Gasteiger partial charge is 0.388 e. The normalized spacial score (nSPS) is 27.9. The van der Waals surface area contributed by atoms with E-state index in [9.17, 15) is 9.90 Å². The number of aliphatic hydroxyl groups is 1. The van der Waals surface area contributed by atoms with Crippen LogP contribution in [0.25, 0.3) is 0 Å². The lowest BCUT2D eigenvalue weighted by atomic mass is 9.94. The number of hydrogen-bond acceptors (Lipinski definition) is 3. The summed E-state index contributed by atoms with van der Waals surface area (Å²) in [5, 5.41) is 13.2. The predicted octanol–water partition coefficient (Wildman–Crippen LogP) is 1.45. The highest BCUT2D eigenvalue weighted by Crippen LogP contribution is 2.47. The van der Waals surface area contributed by atoms with Gasteiger partial charge in [-0.3, -0.25) is 4.79 Å². The lowest BCUT2D eigenvalue weighted by Crippen LogP contribution is -2.47. The second-order valence-electron chi connectivity index (χ2n) is 5.91. The van der Waals surface area contributed by atoms with Crippen molar-refractivity contribution in [2.24, 2.45) is 5.92 Å². The second-order valence-corrected chi connectivity index (χ2v) is 5.91. The SMILES string of the molecule is O=C(NCC1(O)CCOCC1)C1CC1c1ccccc1. The molecule has 2 atom stereocenters. The van der Waals surface area contributed by atoms with Gasteiger partial charge in [-0.1, -0.05) is 30.3 Å². The molecule has 4 heteroatoms. The molecule has 2 aliphatic rings. The number of nitrogens with one attached hydrogen (secondary N) is 1. The summed E-state index contributed by atoms with van der Waals surface area (Å²) in [6.07, 6.45) is 2.11. The average molecular weight is 275 g/mol. The highest BCUT2D eigenvalue weighted by molar-refractivity contribution is 5.82. The van der Waals surface area contributed by atoms with E-state index in [0.717, 1.165) is 6.42 Å². The van der Waals surface area contributed by atoms with Gasteiger partial charge >= 0.3 is 0 Å². The molecule has 1 heterocycles. The van der Waals surface area contributed by atoms with E-state index in [1.54, 1.807) is 0 Å². The Morgan fingerprint density at radius 3 is 2.70 bits per heavy atom. The number of carbonyl (C=O) groups excluding carboxylic acids is 1. The number of rotatable bonds is 4. The predicted molar refractivity (Wildman–Crippen MR) is 75.3 cm³/mol. The van der Waals surface area contributed by atoms with Crippen molar-refractivity contribution in [3.8, 4) is 0 Å². The van der Waals surface area contributed by atoms with Crippen molar-refractivity contribution in [1.82, 2.24) is 5.32 Å². The Hall–Kier alpha value is -1.39. The molecule has 1 saturated carbocycles. The molecule has 1 aliphatic carbocycles. The standard InChI is InChI=1S/C16H21NO3/c18-15(17-11-16(19)6-8-20-9-7-16)14-10-13(14)12-4-2-1-3-5-12/h1-5,13-14,19H,6-11H2,(H,17,18). The van der Waals surface area contributed by atoms with Crippen LogP contribution in [0.4, 0.5) is 0 Å². The summed E-state index contributed by atoms with van der Waals surface area (Å²) < 4.78 is 5.23. The number of hydrogen-bond donors (Lipinski definition) is 2. The quantitative estimate of drug-likeness (QED) is 0.874. The molecule has 3 rings (SSSR count). The zero-order valence-corrected chi connectivity index (χ0v) is 11.5. The Morgan fingerprint density at radius 1 is 1.30 bits per heavy atom. The molecule has 2 unspecified atom stereocenters. The van der Waals surface area contributed by atoms with E-state index in [1.807, 2.05) is 18.2 Å². The van der Waals surface area contributed by atoms with Crippen molar-refractivity contribution in [2.45, 2.75) is 30.8 Å². The van der Waals surface area contributed by atoms with Crippen LogP contribution < -0.4 is 5.32 Å². The Morgan fingerprint density at radius 2 is 2.00 bits per heavy atom. The molecule has 0 spiro atoms. The van der Waals surface area contributed by atoms with Crippen molar-refractivity contribution in [2.75, 3.05) is 19.8 Å². The van der Waals surface area contributed by atoms with Crippen LogP contribution in [-0.4, -0.2) is 36.4 Å². The van der Waals surface area contributed by atoms with Crippen molar-refractivity contribution < 1.29 is 14.6 Å². The molecule has 0 bridgehead atoms. The zero-order chi connectivity index (χ0) is 14.0. The minimum absolute atomic E-state index is 0.0683. The van der Waals surface area contributed by atoms with E-state index in [-0.39, 0.29) is 11.8 Å². The molecule has 2 N–H and O–H groups in total. The summed E-state index contributed by atoms with van der Waals surface area (Å²) in [5.41, 5.74) is 0.447. The minimum Gasteiger partial charge on any atom is -0.388 e. The van der Waals surface area contributed by atoms with E-state index < -0.39 is 5.60 Å². The monoisotopic (exact) mass is 275 g/mol. The zero-order valence-electron chi connectivity index (χ0n) is 11.5. The van der Waals surface area contributed by atoms with Crippen LogP contribution in [0.2, 0.25) is 0 Å². The number of carbonyl (C=O) groups is 1. The molecule has 20 heavy (non-hydrogen) atoms. The van der Waals surface area contributed by atoms with Crippen molar-refractivity contribution >= 4 is 5.91 Å². The van der Waals surface area contributed by atoms with Crippen LogP contribution >= 0.6 is 0 Å². The van der Waals surface area contributed by atoms with Gasteiger partial charge in [-0.15, -0.1) is 0 Å². The maximum atomic E-state index is 12.1. The van der Waals surface area contributed by atoms with E-state index in [4.69, 9.17) is 4.74 Å². The number of benzene rings is 1. The Bertz CT molecular complexity index is 468. The second kappa shape index (κ2) is 5.54.